The summed E-state index contributed by atoms with van der Waals surface area (Å²) in [5, 5.41) is 2.46. The monoisotopic (exact) mass is 303 g/mol. The fourth-order valence-electron chi connectivity index (χ4n) is 3.08. The van der Waals surface area contributed by atoms with Crippen molar-refractivity contribution in [3.8, 4) is 22.6 Å². The van der Waals surface area contributed by atoms with Gasteiger partial charge in [0.25, 0.3) is 0 Å². The number of rotatable bonds is 3. The Kier molecular flexibility index (Phi) is 3.19. The first-order chi connectivity index (χ1) is 11.3. The van der Waals surface area contributed by atoms with Crippen LogP contribution in [-0.2, 0) is 0 Å². The van der Waals surface area contributed by atoms with E-state index >= 15 is 0 Å². The van der Waals surface area contributed by atoms with Gasteiger partial charge in [-0.25, -0.2) is 0 Å². The Morgan fingerprint density at radius 3 is 2.17 bits per heavy atom. The zero-order chi connectivity index (χ0) is 15.8. The molecule has 0 amide bonds. The summed E-state index contributed by atoms with van der Waals surface area (Å²) in [5.41, 5.74) is 4.48. The van der Waals surface area contributed by atoms with Crippen molar-refractivity contribution in [2.45, 2.75) is 0 Å². The molecule has 0 spiro atoms. The smallest absolute Gasteiger partial charge is 0.123 e. The van der Waals surface area contributed by atoms with E-state index < -0.39 is 0 Å². The average molecular weight is 303 g/mol. The van der Waals surface area contributed by atoms with Gasteiger partial charge in [-0.2, -0.15) is 0 Å². The summed E-state index contributed by atoms with van der Waals surface area (Å²) in [6.07, 6.45) is 0. The Morgan fingerprint density at radius 1 is 0.739 bits per heavy atom. The summed E-state index contributed by atoms with van der Waals surface area (Å²) < 4.78 is 10.8. The normalized spacial score (nSPS) is 11.0. The third kappa shape index (κ3) is 2.21. The van der Waals surface area contributed by atoms with Crippen LogP contribution in [0, 0.1) is 0 Å². The van der Waals surface area contributed by atoms with Gasteiger partial charge in [-0.3, -0.25) is 0 Å². The second-order valence-electron chi connectivity index (χ2n) is 5.50. The Balaban J connectivity index is 2.02. The van der Waals surface area contributed by atoms with E-state index in [9.17, 15) is 0 Å². The number of benzene rings is 3. The zero-order valence-electron chi connectivity index (χ0n) is 13.1. The van der Waals surface area contributed by atoms with E-state index in [-0.39, 0.29) is 0 Å². The highest BCUT2D eigenvalue weighted by Gasteiger charge is 2.11. The number of nitrogens with one attached hydrogen (secondary N) is 1. The van der Waals surface area contributed by atoms with E-state index in [0.717, 1.165) is 33.7 Å². The van der Waals surface area contributed by atoms with Gasteiger partial charge in [0.1, 0.15) is 11.5 Å². The molecule has 23 heavy (non-hydrogen) atoms. The van der Waals surface area contributed by atoms with Crippen molar-refractivity contribution in [1.82, 2.24) is 4.98 Å². The number of methoxy groups -OCH3 is 2. The van der Waals surface area contributed by atoms with E-state index in [0.29, 0.717) is 0 Å². The van der Waals surface area contributed by atoms with Crippen LogP contribution in [0.2, 0.25) is 0 Å². The number of fused-ring (bicyclic) bond motifs is 3. The zero-order valence-corrected chi connectivity index (χ0v) is 13.1. The molecule has 3 nitrogen and oxygen atoms in total. The van der Waals surface area contributed by atoms with Gasteiger partial charge in [0.15, 0.2) is 0 Å². The summed E-state index contributed by atoms with van der Waals surface area (Å²) in [5.74, 6) is 1.57. The van der Waals surface area contributed by atoms with Gasteiger partial charge in [0, 0.05) is 27.9 Å². The van der Waals surface area contributed by atoms with Gasteiger partial charge < -0.3 is 14.5 Å². The number of aromatic amines is 1. The lowest BCUT2D eigenvalue weighted by molar-refractivity contribution is 0.394. The number of para-hydroxylation sites is 2. The summed E-state index contributed by atoms with van der Waals surface area (Å²) >= 11 is 0. The van der Waals surface area contributed by atoms with Crippen LogP contribution in [0.3, 0.4) is 0 Å². The summed E-state index contributed by atoms with van der Waals surface area (Å²) in [6, 6.07) is 20.7. The highest BCUT2D eigenvalue weighted by molar-refractivity contribution is 6.11. The molecule has 0 unspecified atom stereocenters. The van der Waals surface area contributed by atoms with Crippen molar-refractivity contribution in [2.75, 3.05) is 14.2 Å². The highest BCUT2D eigenvalue weighted by atomic mass is 16.5. The number of hydrogen-bond acceptors (Lipinski definition) is 2. The molecule has 1 aromatic heterocycles. The van der Waals surface area contributed by atoms with Crippen molar-refractivity contribution in [3.63, 3.8) is 0 Å². The SMILES string of the molecule is COc1cc(OC)cc(-c2cccc3c2[nH]c2ccccc23)c1. The summed E-state index contributed by atoms with van der Waals surface area (Å²) in [6.45, 7) is 0. The van der Waals surface area contributed by atoms with E-state index in [1.54, 1.807) is 14.2 Å². The molecule has 1 heterocycles. The molecular formula is C20H17NO2. The predicted octanol–water partition coefficient (Wildman–Crippen LogP) is 5.01. The van der Waals surface area contributed by atoms with E-state index in [1.165, 1.54) is 10.8 Å². The molecule has 4 aromatic rings. The molecule has 0 saturated carbocycles. The first kappa shape index (κ1) is 13.7. The van der Waals surface area contributed by atoms with Crippen LogP contribution in [0.4, 0.5) is 0 Å². The molecule has 0 fully saturated rings. The average Bonchev–Trinajstić information content (AvgIpc) is 3.00. The van der Waals surface area contributed by atoms with E-state index in [1.807, 2.05) is 24.3 Å². The minimum atomic E-state index is 0.785. The first-order valence-corrected chi connectivity index (χ1v) is 7.53. The maximum Gasteiger partial charge on any atom is 0.123 e. The number of hydrogen-bond donors (Lipinski definition) is 1. The number of H-pyrrole nitrogens is 1. The molecule has 0 aliphatic heterocycles. The largest absolute Gasteiger partial charge is 0.497 e. The molecule has 3 aromatic carbocycles. The lowest BCUT2D eigenvalue weighted by Gasteiger charge is -2.09. The predicted molar refractivity (Wildman–Crippen MR) is 94.3 cm³/mol. The molecule has 114 valence electrons. The van der Waals surface area contributed by atoms with Gasteiger partial charge >= 0.3 is 0 Å². The maximum atomic E-state index is 5.40. The Hall–Kier alpha value is -2.94. The van der Waals surface area contributed by atoms with Crippen molar-refractivity contribution in [1.29, 1.82) is 0 Å². The van der Waals surface area contributed by atoms with Crippen molar-refractivity contribution < 1.29 is 9.47 Å². The molecule has 1 N–H and O–H groups in total. The van der Waals surface area contributed by atoms with Gasteiger partial charge in [0.2, 0.25) is 0 Å². The Labute approximate surface area is 134 Å². The number of ether oxygens (including phenoxy) is 2. The van der Waals surface area contributed by atoms with Crippen LogP contribution in [-0.4, -0.2) is 19.2 Å². The van der Waals surface area contributed by atoms with Crippen LogP contribution in [0.1, 0.15) is 0 Å². The third-order valence-electron chi connectivity index (χ3n) is 4.20. The Morgan fingerprint density at radius 2 is 1.43 bits per heavy atom. The molecule has 0 atom stereocenters. The van der Waals surface area contributed by atoms with Crippen LogP contribution in [0.25, 0.3) is 32.9 Å². The molecule has 0 aliphatic carbocycles. The molecule has 3 heteroatoms. The van der Waals surface area contributed by atoms with E-state index in [4.69, 9.17) is 9.47 Å². The van der Waals surface area contributed by atoms with Crippen molar-refractivity contribution >= 4 is 21.8 Å². The van der Waals surface area contributed by atoms with Crippen LogP contribution in [0.15, 0.2) is 60.7 Å². The van der Waals surface area contributed by atoms with Gasteiger partial charge in [-0.05, 0) is 23.8 Å². The minimum absolute atomic E-state index is 0.785. The topological polar surface area (TPSA) is 34.2 Å². The van der Waals surface area contributed by atoms with Crippen molar-refractivity contribution in [3.05, 3.63) is 60.7 Å². The standard InChI is InChI=1S/C20H17NO2/c1-22-14-10-13(11-15(12-14)23-2)16-7-5-8-18-17-6-3-4-9-19(17)21-20(16)18/h3-12,21H,1-2H3. The van der Waals surface area contributed by atoms with Crippen LogP contribution >= 0.6 is 0 Å². The summed E-state index contributed by atoms with van der Waals surface area (Å²) in [7, 11) is 3.34. The van der Waals surface area contributed by atoms with Gasteiger partial charge in [-0.15, -0.1) is 0 Å². The molecule has 4 rings (SSSR count). The maximum absolute atomic E-state index is 5.40. The molecule has 0 saturated heterocycles. The fraction of sp³-hybridized carbons (Fsp3) is 0.100. The van der Waals surface area contributed by atoms with E-state index in [2.05, 4.69) is 41.4 Å². The number of aromatic nitrogens is 1. The highest BCUT2D eigenvalue weighted by Crippen LogP contribution is 2.36. The lowest BCUT2D eigenvalue weighted by atomic mass is 10.0. The fourth-order valence-corrected chi connectivity index (χ4v) is 3.08. The summed E-state index contributed by atoms with van der Waals surface area (Å²) in [4.78, 5) is 3.54. The quantitative estimate of drug-likeness (QED) is 0.577. The third-order valence-corrected chi connectivity index (χ3v) is 4.20. The van der Waals surface area contributed by atoms with Crippen LogP contribution < -0.4 is 9.47 Å². The second kappa shape index (κ2) is 5.36. The molecule has 0 bridgehead atoms. The van der Waals surface area contributed by atoms with Crippen molar-refractivity contribution in [2.24, 2.45) is 0 Å². The molecular weight excluding hydrogens is 286 g/mol. The molecule has 0 radical (unpaired) electrons. The molecule has 0 aliphatic rings. The Bertz CT molecular complexity index is 979. The minimum Gasteiger partial charge on any atom is -0.497 e. The first-order valence-electron chi connectivity index (χ1n) is 7.53. The van der Waals surface area contributed by atoms with Gasteiger partial charge in [0.05, 0.1) is 19.7 Å². The second-order valence-corrected chi connectivity index (χ2v) is 5.50. The van der Waals surface area contributed by atoms with Crippen LogP contribution in [0.5, 0.6) is 11.5 Å². The van der Waals surface area contributed by atoms with Gasteiger partial charge in [-0.1, -0.05) is 36.4 Å². The lowest BCUT2D eigenvalue weighted by Crippen LogP contribution is -1.89.